The van der Waals surface area contributed by atoms with Gasteiger partial charge in [-0.25, -0.2) is 4.68 Å². The van der Waals surface area contributed by atoms with Crippen LogP contribution in [0.1, 0.15) is 66.6 Å². The van der Waals surface area contributed by atoms with Crippen molar-refractivity contribution in [2.45, 2.75) is 69.2 Å². The summed E-state index contributed by atoms with van der Waals surface area (Å²) in [5.74, 6) is 0. The summed E-state index contributed by atoms with van der Waals surface area (Å²) < 4.78 is 2.04. The van der Waals surface area contributed by atoms with Crippen molar-refractivity contribution >= 4 is 0 Å². The van der Waals surface area contributed by atoms with E-state index < -0.39 is 0 Å². The fourth-order valence-electron chi connectivity index (χ4n) is 3.15. The molecule has 0 aliphatic rings. The normalized spacial score (nSPS) is 8.91. The molecule has 0 saturated heterocycles. The Labute approximate surface area is 203 Å². The fraction of sp³-hybridized carbons (Fsp3) is 0.323. The maximum atomic E-state index is 4.75. The van der Waals surface area contributed by atoms with Crippen LogP contribution in [0.25, 0.3) is 28.1 Å². The minimum Gasteiger partial charge on any atom is -0.233 e. The standard InChI is InChI=1S/C23H20N2.4C2H6/c1-17-18(2)24-25(22-11-7-4-8-12-22)23(17)21-15-13-20(14-16-21)19-9-5-3-6-10-19;4*1-2/h3-16H,1-2H3;4*1-2H3. The summed E-state index contributed by atoms with van der Waals surface area (Å²) in [6, 6.07) is 29.5. The summed E-state index contributed by atoms with van der Waals surface area (Å²) >= 11 is 0. The molecule has 0 atom stereocenters. The largest absolute Gasteiger partial charge is 0.233 e. The Morgan fingerprint density at radius 3 is 1.36 bits per heavy atom. The van der Waals surface area contributed by atoms with Crippen molar-refractivity contribution in [1.29, 1.82) is 0 Å². The lowest BCUT2D eigenvalue weighted by Gasteiger charge is -2.10. The van der Waals surface area contributed by atoms with Gasteiger partial charge in [0.15, 0.2) is 0 Å². The molecule has 0 aliphatic heterocycles. The molecule has 0 radical (unpaired) electrons. The van der Waals surface area contributed by atoms with Gasteiger partial charge in [-0.2, -0.15) is 5.10 Å². The van der Waals surface area contributed by atoms with Gasteiger partial charge < -0.3 is 0 Å². The van der Waals surface area contributed by atoms with Gasteiger partial charge in [0.1, 0.15) is 0 Å². The number of nitrogens with zero attached hydrogens (tertiary/aromatic N) is 2. The van der Waals surface area contributed by atoms with E-state index in [0.29, 0.717) is 0 Å². The van der Waals surface area contributed by atoms with Crippen LogP contribution >= 0.6 is 0 Å². The van der Waals surface area contributed by atoms with Gasteiger partial charge in [-0.3, -0.25) is 0 Å². The quantitative estimate of drug-likeness (QED) is 0.307. The van der Waals surface area contributed by atoms with Crippen molar-refractivity contribution in [3.8, 4) is 28.1 Å². The van der Waals surface area contributed by atoms with E-state index in [1.807, 2.05) is 84.3 Å². The molecule has 1 aromatic heterocycles. The fourth-order valence-corrected chi connectivity index (χ4v) is 3.15. The molecule has 0 fully saturated rings. The van der Waals surface area contributed by atoms with E-state index in [9.17, 15) is 0 Å². The van der Waals surface area contributed by atoms with Crippen molar-refractivity contribution in [2.75, 3.05) is 0 Å². The minimum absolute atomic E-state index is 1.06. The molecule has 4 rings (SSSR count). The van der Waals surface area contributed by atoms with Gasteiger partial charge in [-0.15, -0.1) is 0 Å². The molecule has 0 N–H and O–H groups in total. The maximum absolute atomic E-state index is 4.75. The van der Waals surface area contributed by atoms with Crippen molar-refractivity contribution in [3.05, 3.63) is 96.2 Å². The molecule has 0 saturated carbocycles. The second-order valence-corrected chi connectivity index (χ2v) is 6.25. The van der Waals surface area contributed by atoms with E-state index in [2.05, 4.69) is 74.5 Å². The lowest BCUT2D eigenvalue weighted by Crippen LogP contribution is -1.99. The van der Waals surface area contributed by atoms with Crippen LogP contribution < -0.4 is 0 Å². The first-order valence-corrected chi connectivity index (χ1v) is 12.5. The Bertz CT molecular complexity index is 983. The lowest BCUT2D eigenvalue weighted by atomic mass is 10.0. The zero-order valence-corrected chi connectivity index (χ0v) is 22.5. The van der Waals surface area contributed by atoms with Crippen LogP contribution in [0.15, 0.2) is 84.9 Å². The minimum atomic E-state index is 1.06. The van der Waals surface area contributed by atoms with Crippen LogP contribution in [0, 0.1) is 13.8 Å². The van der Waals surface area contributed by atoms with Crippen molar-refractivity contribution in [2.24, 2.45) is 0 Å². The maximum Gasteiger partial charge on any atom is 0.0772 e. The van der Waals surface area contributed by atoms with Gasteiger partial charge in [0.25, 0.3) is 0 Å². The van der Waals surface area contributed by atoms with Crippen molar-refractivity contribution in [1.82, 2.24) is 9.78 Å². The van der Waals surface area contributed by atoms with E-state index in [1.165, 1.54) is 22.3 Å². The topological polar surface area (TPSA) is 17.8 Å². The number of benzene rings is 3. The van der Waals surface area contributed by atoms with Gasteiger partial charge >= 0.3 is 0 Å². The highest BCUT2D eigenvalue weighted by Gasteiger charge is 2.15. The molecule has 0 aliphatic carbocycles. The third-order valence-corrected chi connectivity index (χ3v) is 4.63. The highest BCUT2D eigenvalue weighted by atomic mass is 15.3. The zero-order chi connectivity index (χ0) is 25.2. The van der Waals surface area contributed by atoms with Gasteiger partial charge in [-0.1, -0.05) is 128 Å². The summed E-state index contributed by atoms with van der Waals surface area (Å²) in [5, 5.41) is 4.75. The van der Waals surface area contributed by atoms with Crippen molar-refractivity contribution in [3.63, 3.8) is 0 Å². The number of rotatable bonds is 3. The first-order chi connectivity index (χ1) is 16.2. The lowest BCUT2D eigenvalue weighted by molar-refractivity contribution is 0.869. The average molecular weight is 445 g/mol. The second kappa shape index (κ2) is 17.4. The number of hydrogen-bond acceptors (Lipinski definition) is 1. The number of hydrogen-bond donors (Lipinski definition) is 0. The molecule has 0 amide bonds. The van der Waals surface area contributed by atoms with Crippen LogP contribution in [0.3, 0.4) is 0 Å². The van der Waals surface area contributed by atoms with Crippen LogP contribution in [-0.4, -0.2) is 9.78 Å². The Morgan fingerprint density at radius 2 is 0.879 bits per heavy atom. The predicted molar refractivity (Wildman–Crippen MR) is 149 cm³/mol. The zero-order valence-electron chi connectivity index (χ0n) is 22.5. The Hall–Kier alpha value is -3.13. The van der Waals surface area contributed by atoms with E-state index in [4.69, 9.17) is 5.10 Å². The average Bonchev–Trinajstić information content (AvgIpc) is 3.24. The van der Waals surface area contributed by atoms with Crippen LogP contribution in [0.5, 0.6) is 0 Å². The van der Waals surface area contributed by atoms with Gasteiger partial charge in [0, 0.05) is 5.56 Å². The number of aromatic nitrogens is 2. The third kappa shape index (κ3) is 8.05. The summed E-state index contributed by atoms with van der Waals surface area (Å²) in [4.78, 5) is 0. The molecule has 0 spiro atoms. The summed E-state index contributed by atoms with van der Waals surface area (Å²) in [5.41, 5.74) is 8.16. The molecule has 4 aromatic rings. The van der Waals surface area contributed by atoms with E-state index in [-0.39, 0.29) is 0 Å². The Morgan fingerprint density at radius 1 is 0.485 bits per heavy atom. The molecule has 33 heavy (non-hydrogen) atoms. The molecule has 2 nitrogen and oxygen atoms in total. The van der Waals surface area contributed by atoms with E-state index in [0.717, 1.165) is 17.1 Å². The van der Waals surface area contributed by atoms with E-state index >= 15 is 0 Å². The van der Waals surface area contributed by atoms with Gasteiger partial charge in [0.2, 0.25) is 0 Å². The molecular weight excluding hydrogens is 400 g/mol. The molecule has 0 bridgehead atoms. The Kier molecular flexibility index (Phi) is 15.8. The van der Waals surface area contributed by atoms with Gasteiger partial charge in [-0.05, 0) is 42.7 Å². The SMILES string of the molecule is CC.CC.CC.CC.Cc1nn(-c2ccccc2)c(-c2ccc(-c3ccccc3)cc2)c1C. The number of para-hydroxylation sites is 1. The monoisotopic (exact) mass is 444 g/mol. The molecular formula is C31H44N2. The van der Waals surface area contributed by atoms with Gasteiger partial charge in [0.05, 0.1) is 17.1 Å². The molecule has 178 valence electrons. The molecule has 1 heterocycles. The Balaban J connectivity index is 0.00000116. The smallest absolute Gasteiger partial charge is 0.0772 e. The summed E-state index contributed by atoms with van der Waals surface area (Å²) in [6.45, 7) is 20.2. The van der Waals surface area contributed by atoms with Crippen LogP contribution in [-0.2, 0) is 0 Å². The predicted octanol–water partition coefficient (Wildman–Crippen LogP) is 9.93. The van der Waals surface area contributed by atoms with Crippen LogP contribution in [0.2, 0.25) is 0 Å². The number of aryl methyl sites for hydroxylation is 1. The third-order valence-electron chi connectivity index (χ3n) is 4.63. The molecule has 2 heteroatoms. The highest BCUT2D eigenvalue weighted by molar-refractivity contribution is 5.71. The summed E-state index contributed by atoms with van der Waals surface area (Å²) in [7, 11) is 0. The first kappa shape index (κ1) is 29.9. The first-order valence-electron chi connectivity index (χ1n) is 12.5. The van der Waals surface area contributed by atoms with Crippen LogP contribution in [0.4, 0.5) is 0 Å². The summed E-state index contributed by atoms with van der Waals surface area (Å²) in [6.07, 6.45) is 0. The molecule has 0 unspecified atom stereocenters. The van der Waals surface area contributed by atoms with Crippen molar-refractivity contribution < 1.29 is 0 Å². The second-order valence-electron chi connectivity index (χ2n) is 6.25. The highest BCUT2D eigenvalue weighted by Crippen LogP contribution is 2.30. The van der Waals surface area contributed by atoms with E-state index in [1.54, 1.807) is 0 Å². The molecule has 3 aromatic carbocycles.